The predicted molar refractivity (Wildman–Crippen MR) is 79.4 cm³/mol. The molecule has 112 valence electrons. The first kappa shape index (κ1) is 15.6. The highest BCUT2D eigenvalue weighted by molar-refractivity contribution is 6.42. The van der Waals surface area contributed by atoms with Crippen LogP contribution in [0.5, 0.6) is 0 Å². The maximum atomic E-state index is 12.3. The molecule has 0 bridgehead atoms. The molecule has 21 heavy (non-hydrogen) atoms. The van der Waals surface area contributed by atoms with Crippen molar-refractivity contribution < 1.29 is 14.4 Å². The maximum absolute atomic E-state index is 12.3. The summed E-state index contributed by atoms with van der Waals surface area (Å²) in [7, 11) is 0. The molecule has 4 amide bonds. The monoisotopic (exact) mass is 329 g/mol. The van der Waals surface area contributed by atoms with Crippen molar-refractivity contribution in [3.8, 4) is 0 Å². The molecule has 1 aliphatic heterocycles. The summed E-state index contributed by atoms with van der Waals surface area (Å²) in [6.45, 7) is 2.91. The first-order valence-electron chi connectivity index (χ1n) is 6.10. The molecule has 0 unspecified atom stereocenters. The topological polar surface area (TPSA) is 78.5 Å². The maximum Gasteiger partial charge on any atom is 0.323 e. The van der Waals surface area contributed by atoms with Crippen molar-refractivity contribution in [1.82, 2.24) is 10.2 Å². The smallest absolute Gasteiger partial charge is 0.308 e. The van der Waals surface area contributed by atoms with E-state index in [0.29, 0.717) is 15.7 Å². The van der Waals surface area contributed by atoms with Crippen LogP contribution in [0.25, 0.3) is 0 Å². The van der Waals surface area contributed by atoms with Gasteiger partial charge in [0, 0.05) is 5.69 Å². The van der Waals surface area contributed by atoms with E-state index >= 15 is 0 Å². The number of hydrogen-bond donors (Lipinski definition) is 2. The van der Waals surface area contributed by atoms with E-state index in [2.05, 4.69) is 10.6 Å². The Morgan fingerprint density at radius 2 is 1.95 bits per heavy atom. The van der Waals surface area contributed by atoms with Gasteiger partial charge in [-0.15, -0.1) is 0 Å². The van der Waals surface area contributed by atoms with Crippen molar-refractivity contribution in [2.45, 2.75) is 19.4 Å². The molecule has 1 saturated heterocycles. The minimum atomic E-state index is -1.13. The number of carbonyl (C=O) groups excluding carboxylic acids is 3. The number of urea groups is 1. The van der Waals surface area contributed by atoms with Crippen molar-refractivity contribution in [3.63, 3.8) is 0 Å². The fourth-order valence-electron chi connectivity index (χ4n) is 1.87. The van der Waals surface area contributed by atoms with Crippen LogP contribution in [0, 0.1) is 0 Å². The van der Waals surface area contributed by atoms with Gasteiger partial charge < -0.3 is 10.2 Å². The highest BCUT2D eigenvalue weighted by atomic mass is 35.5. The summed E-state index contributed by atoms with van der Waals surface area (Å²) in [4.78, 5) is 36.7. The number of anilines is 1. The highest BCUT2D eigenvalue weighted by Crippen LogP contribution is 2.26. The lowest BCUT2D eigenvalue weighted by atomic mass is 9.99. The van der Waals surface area contributed by atoms with Crippen molar-refractivity contribution in [2.24, 2.45) is 0 Å². The second kappa shape index (κ2) is 5.54. The third-order valence-corrected chi connectivity index (χ3v) is 3.94. The summed E-state index contributed by atoms with van der Waals surface area (Å²) in [6, 6.07) is 4.03. The average Bonchev–Trinajstić information content (AvgIpc) is 2.38. The van der Waals surface area contributed by atoms with Crippen LogP contribution in [0.2, 0.25) is 10.0 Å². The van der Waals surface area contributed by atoms with Gasteiger partial charge in [-0.25, -0.2) is 4.79 Å². The normalized spacial score (nSPS) is 17.4. The zero-order valence-corrected chi connectivity index (χ0v) is 12.9. The van der Waals surface area contributed by atoms with Crippen LogP contribution in [0.15, 0.2) is 18.2 Å². The quantitative estimate of drug-likeness (QED) is 0.775. The molecule has 8 heteroatoms. The Labute approximate surface area is 131 Å². The summed E-state index contributed by atoms with van der Waals surface area (Å²) in [6.07, 6.45) is 0. The summed E-state index contributed by atoms with van der Waals surface area (Å²) in [5, 5.41) is 5.44. The second-order valence-corrected chi connectivity index (χ2v) is 5.90. The highest BCUT2D eigenvalue weighted by Gasteiger charge is 2.43. The standard InChI is InChI=1S/C13H13Cl2N3O3/c1-13(2)11(20)17-10(19)6-18(13)12(21)16-7-3-4-8(14)9(15)5-7/h3-5H,6H2,1-2H3,(H,16,21)(H,17,19,20). The van der Waals surface area contributed by atoms with E-state index in [4.69, 9.17) is 23.2 Å². The van der Waals surface area contributed by atoms with Crippen LogP contribution < -0.4 is 10.6 Å². The minimum absolute atomic E-state index is 0.202. The van der Waals surface area contributed by atoms with Crippen LogP contribution in [-0.4, -0.2) is 34.8 Å². The number of carbonyl (C=O) groups is 3. The van der Waals surface area contributed by atoms with Crippen LogP contribution in [0.1, 0.15) is 13.8 Å². The first-order valence-corrected chi connectivity index (χ1v) is 6.85. The Bertz CT molecular complexity index is 631. The van der Waals surface area contributed by atoms with E-state index in [1.54, 1.807) is 26.0 Å². The fourth-order valence-corrected chi connectivity index (χ4v) is 2.17. The zero-order valence-electron chi connectivity index (χ0n) is 11.4. The van der Waals surface area contributed by atoms with Crippen LogP contribution in [-0.2, 0) is 9.59 Å². The molecule has 0 spiro atoms. The first-order chi connectivity index (χ1) is 9.71. The summed E-state index contributed by atoms with van der Waals surface area (Å²) < 4.78 is 0. The van der Waals surface area contributed by atoms with Gasteiger partial charge in [-0.1, -0.05) is 23.2 Å². The number of piperazine rings is 1. The third-order valence-electron chi connectivity index (χ3n) is 3.20. The molecule has 0 aliphatic carbocycles. The van der Waals surface area contributed by atoms with Gasteiger partial charge in [-0.05, 0) is 32.0 Å². The summed E-state index contributed by atoms with van der Waals surface area (Å²) >= 11 is 11.7. The molecular formula is C13H13Cl2N3O3. The Kier molecular flexibility index (Phi) is 4.11. The van der Waals surface area contributed by atoms with Gasteiger partial charge in [0.1, 0.15) is 12.1 Å². The second-order valence-electron chi connectivity index (χ2n) is 5.08. The molecule has 0 aromatic heterocycles. The van der Waals surface area contributed by atoms with Gasteiger partial charge in [0.2, 0.25) is 5.91 Å². The lowest BCUT2D eigenvalue weighted by Gasteiger charge is -2.39. The molecule has 1 aromatic carbocycles. The molecule has 2 rings (SSSR count). The Morgan fingerprint density at radius 1 is 1.29 bits per heavy atom. The number of amides is 4. The van der Waals surface area contributed by atoms with Crippen molar-refractivity contribution in [2.75, 3.05) is 11.9 Å². The van der Waals surface area contributed by atoms with E-state index in [-0.39, 0.29) is 6.54 Å². The van der Waals surface area contributed by atoms with Crippen LogP contribution in [0.3, 0.4) is 0 Å². The molecule has 2 N–H and O–H groups in total. The fraction of sp³-hybridized carbons (Fsp3) is 0.308. The zero-order chi connectivity index (χ0) is 15.8. The van der Waals surface area contributed by atoms with Gasteiger partial charge in [0.15, 0.2) is 0 Å². The molecule has 1 aliphatic rings. The summed E-state index contributed by atoms with van der Waals surface area (Å²) in [5.41, 5.74) is -0.711. The largest absolute Gasteiger partial charge is 0.323 e. The van der Waals surface area contributed by atoms with E-state index < -0.39 is 23.4 Å². The molecule has 0 radical (unpaired) electrons. The lowest BCUT2D eigenvalue weighted by Crippen LogP contribution is -2.66. The Hall–Kier alpha value is -1.79. The lowest BCUT2D eigenvalue weighted by molar-refractivity contribution is -0.142. The molecule has 1 fully saturated rings. The van der Waals surface area contributed by atoms with Crippen LogP contribution in [0.4, 0.5) is 10.5 Å². The van der Waals surface area contributed by atoms with E-state index in [1.165, 1.54) is 6.07 Å². The number of nitrogens with zero attached hydrogens (tertiary/aromatic N) is 1. The number of halogens is 2. The van der Waals surface area contributed by atoms with Gasteiger partial charge in [-0.2, -0.15) is 0 Å². The molecule has 1 heterocycles. The van der Waals surface area contributed by atoms with Crippen molar-refractivity contribution >= 4 is 46.7 Å². The minimum Gasteiger partial charge on any atom is -0.308 e. The van der Waals surface area contributed by atoms with Gasteiger partial charge >= 0.3 is 6.03 Å². The number of benzene rings is 1. The molecule has 0 atom stereocenters. The summed E-state index contributed by atoms with van der Waals surface area (Å²) in [5.74, 6) is -1.05. The van der Waals surface area contributed by atoms with Crippen LogP contribution >= 0.6 is 23.2 Å². The van der Waals surface area contributed by atoms with E-state index in [9.17, 15) is 14.4 Å². The number of nitrogens with one attached hydrogen (secondary N) is 2. The van der Waals surface area contributed by atoms with Gasteiger partial charge in [-0.3, -0.25) is 14.9 Å². The average molecular weight is 330 g/mol. The van der Waals surface area contributed by atoms with E-state index in [1.807, 2.05) is 0 Å². The Morgan fingerprint density at radius 3 is 2.57 bits per heavy atom. The molecular weight excluding hydrogens is 317 g/mol. The molecule has 1 aromatic rings. The van der Waals surface area contributed by atoms with E-state index in [0.717, 1.165) is 4.90 Å². The predicted octanol–water partition coefficient (Wildman–Crippen LogP) is 2.26. The third kappa shape index (κ3) is 3.11. The van der Waals surface area contributed by atoms with Crippen molar-refractivity contribution in [3.05, 3.63) is 28.2 Å². The molecule has 0 saturated carbocycles. The number of imide groups is 1. The molecule has 6 nitrogen and oxygen atoms in total. The van der Waals surface area contributed by atoms with Gasteiger partial charge in [0.25, 0.3) is 5.91 Å². The SMILES string of the molecule is CC1(C)C(=O)NC(=O)CN1C(=O)Nc1ccc(Cl)c(Cl)c1. The van der Waals surface area contributed by atoms with Gasteiger partial charge in [0.05, 0.1) is 10.0 Å². The Balaban J connectivity index is 2.20. The number of rotatable bonds is 1. The number of hydrogen-bond acceptors (Lipinski definition) is 3. The van der Waals surface area contributed by atoms with Crippen molar-refractivity contribution in [1.29, 1.82) is 0 Å².